The van der Waals surface area contributed by atoms with Crippen LogP contribution in [0.1, 0.15) is 53.9 Å². The molecule has 0 aromatic rings. The van der Waals surface area contributed by atoms with Crippen LogP contribution in [0.25, 0.3) is 0 Å². The van der Waals surface area contributed by atoms with E-state index in [0.29, 0.717) is 12.6 Å². The SMILES string of the molecule is CCNC(=NCC1CCCN1CC)NCCCNC(=O)OC(C)(C)C. The van der Waals surface area contributed by atoms with E-state index in [9.17, 15) is 4.79 Å². The number of nitrogens with zero attached hydrogens (tertiary/aromatic N) is 2. The second-order valence-corrected chi connectivity index (χ2v) is 7.35. The maximum absolute atomic E-state index is 11.6. The van der Waals surface area contributed by atoms with E-state index in [1.165, 1.54) is 19.4 Å². The molecule has 1 atom stereocenters. The summed E-state index contributed by atoms with van der Waals surface area (Å²) in [5.74, 6) is 0.850. The summed E-state index contributed by atoms with van der Waals surface area (Å²) in [5.41, 5.74) is -0.459. The third kappa shape index (κ3) is 9.53. The van der Waals surface area contributed by atoms with E-state index >= 15 is 0 Å². The molecule has 146 valence electrons. The molecule has 3 N–H and O–H groups in total. The molecule has 1 heterocycles. The highest BCUT2D eigenvalue weighted by molar-refractivity contribution is 5.79. The van der Waals surface area contributed by atoms with Gasteiger partial charge in [0.25, 0.3) is 0 Å². The molecule has 25 heavy (non-hydrogen) atoms. The van der Waals surface area contributed by atoms with Crippen LogP contribution < -0.4 is 16.0 Å². The number of nitrogens with one attached hydrogen (secondary N) is 3. The average Bonchev–Trinajstić information content (AvgIpc) is 2.97. The van der Waals surface area contributed by atoms with Crippen LogP contribution in [-0.2, 0) is 4.74 Å². The average molecular weight is 356 g/mol. The molecule has 1 aliphatic heterocycles. The lowest BCUT2D eigenvalue weighted by atomic mass is 10.2. The fourth-order valence-electron chi connectivity index (χ4n) is 2.86. The molecule has 1 rings (SSSR count). The molecule has 7 nitrogen and oxygen atoms in total. The van der Waals surface area contributed by atoms with Crippen LogP contribution in [0.2, 0.25) is 0 Å². The van der Waals surface area contributed by atoms with Gasteiger partial charge in [0.05, 0.1) is 6.54 Å². The molecule has 1 amide bonds. The summed E-state index contributed by atoms with van der Waals surface area (Å²) in [6.07, 6.45) is 2.95. The Hall–Kier alpha value is -1.50. The summed E-state index contributed by atoms with van der Waals surface area (Å²) < 4.78 is 5.21. The van der Waals surface area contributed by atoms with Crippen molar-refractivity contribution in [2.45, 2.75) is 65.5 Å². The van der Waals surface area contributed by atoms with Gasteiger partial charge in [0, 0.05) is 25.7 Å². The zero-order chi connectivity index (χ0) is 18.7. The number of hydrogen-bond donors (Lipinski definition) is 3. The maximum Gasteiger partial charge on any atom is 0.407 e. The molecule has 1 aliphatic rings. The van der Waals surface area contributed by atoms with Gasteiger partial charge in [0.1, 0.15) is 5.60 Å². The molecule has 0 aromatic carbocycles. The van der Waals surface area contributed by atoms with Gasteiger partial charge in [0.2, 0.25) is 0 Å². The smallest absolute Gasteiger partial charge is 0.407 e. The first kappa shape index (κ1) is 21.5. The van der Waals surface area contributed by atoms with Gasteiger partial charge in [-0.1, -0.05) is 6.92 Å². The topological polar surface area (TPSA) is 78.0 Å². The number of likely N-dealkylation sites (tertiary alicyclic amines) is 1. The third-order valence-electron chi connectivity index (χ3n) is 4.02. The van der Waals surface area contributed by atoms with Crippen LogP contribution in [0.3, 0.4) is 0 Å². The lowest BCUT2D eigenvalue weighted by Crippen LogP contribution is -2.40. The Morgan fingerprint density at radius 2 is 1.92 bits per heavy atom. The molecule has 0 saturated carbocycles. The molecule has 0 aliphatic carbocycles. The number of carbonyl (C=O) groups excluding carboxylic acids is 1. The second kappa shape index (κ2) is 11.2. The standard InChI is InChI=1S/C18H37N5O2/c1-6-19-16(22-14-15-10-8-13-23(15)7-2)20-11-9-12-21-17(24)25-18(3,4)5/h15H,6-14H2,1-5H3,(H,21,24)(H2,19,20,22). The van der Waals surface area contributed by atoms with Crippen molar-refractivity contribution in [2.75, 3.05) is 39.3 Å². The minimum atomic E-state index is -0.459. The molecule has 0 aromatic heterocycles. The third-order valence-corrected chi connectivity index (χ3v) is 4.02. The van der Waals surface area contributed by atoms with E-state index in [1.54, 1.807) is 0 Å². The van der Waals surface area contributed by atoms with Crippen molar-refractivity contribution in [3.8, 4) is 0 Å². The van der Waals surface area contributed by atoms with Crippen LogP contribution in [0, 0.1) is 0 Å². The van der Waals surface area contributed by atoms with E-state index in [1.807, 2.05) is 20.8 Å². The predicted octanol–water partition coefficient (Wildman–Crippen LogP) is 1.94. The van der Waals surface area contributed by atoms with Crippen LogP contribution in [0.15, 0.2) is 4.99 Å². The van der Waals surface area contributed by atoms with Gasteiger partial charge in [-0.15, -0.1) is 0 Å². The maximum atomic E-state index is 11.6. The fourth-order valence-corrected chi connectivity index (χ4v) is 2.86. The minimum absolute atomic E-state index is 0.367. The number of alkyl carbamates (subject to hydrolysis) is 1. The first-order chi connectivity index (χ1) is 11.9. The van der Waals surface area contributed by atoms with Gasteiger partial charge in [-0.25, -0.2) is 4.79 Å². The number of likely N-dealkylation sites (N-methyl/N-ethyl adjacent to an activating group) is 1. The molecular formula is C18H37N5O2. The Bertz CT molecular complexity index is 420. The van der Waals surface area contributed by atoms with Crippen LogP contribution in [0.5, 0.6) is 0 Å². The molecule has 1 fully saturated rings. The summed E-state index contributed by atoms with van der Waals surface area (Å²) in [4.78, 5) is 18.8. The van der Waals surface area contributed by atoms with Crippen LogP contribution in [-0.4, -0.2) is 67.9 Å². The molecule has 7 heteroatoms. The Labute approximate surface area is 153 Å². The molecule has 0 radical (unpaired) electrons. The summed E-state index contributed by atoms with van der Waals surface area (Å²) in [7, 11) is 0. The highest BCUT2D eigenvalue weighted by atomic mass is 16.6. The van der Waals surface area contributed by atoms with Crippen molar-refractivity contribution in [3.63, 3.8) is 0 Å². The lowest BCUT2D eigenvalue weighted by Gasteiger charge is -2.21. The van der Waals surface area contributed by atoms with Gasteiger partial charge in [-0.05, 0) is 60.0 Å². The van der Waals surface area contributed by atoms with E-state index in [-0.39, 0.29) is 6.09 Å². The number of amides is 1. The van der Waals surface area contributed by atoms with Gasteiger partial charge in [0.15, 0.2) is 5.96 Å². The molecule has 1 unspecified atom stereocenters. The van der Waals surface area contributed by atoms with Crippen molar-refractivity contribution >= 4 is 12.1 Å². The zero-order valence-electron chi connectivity index (χ0n) is 16.7. The first-order valence-corrected chi connectivity index (χ1v) is 9.58. The summed E-state index contributed by atoms with van der Waals surface area (Å²) in [6, 6.07) is 0.564. The Balaban J connectivity index is 2.26. The van der Waals surface area contributed by atoms with Crippen molar-refractivity contribution in [1.82, 2.24) is 20.9 Å². The number of hydrogen-bond acceptors (Lipinski definition) is 4. The largest absolute Gasteiger partial charge is 0.444 e. The summed E-state index contributed by atoms with van der Waals surface area (Å²) in [5, 5.41) is 9.37. The number of guanidine groups is 1. The molecule has 0 spiro atoms. The zero-order valence-corrected chi connectivity index (χ0v) is 16.7. The van der Waals surface area contributed by atoms with Crippen molar-refractivity contribution < 1.29 is 9.53 Å². The van der Waals surface area contributed by atoms with E-state index in [4.69, 9.17) is 9.73 Å². The van der Waals surface area contributed by atoms with Gasteiger partial charge >= 0.3 is 6.09 Å². The van der Waals surface area contributed by atoms with E-state index < -0.39 is 5.60 Å². The predicted molar refractivity (Wildman–Crippen MR) is 103 cm³/mol. The second-order valence-electron chi connectivity index (χ2n) is 7.35. The Morgan fingerprint density at radius 3 is 2.56 bits per heavy atom. The number of carbonyl (C=O) groups is 1. The monoisotopic (exact) mass is 355 g/mol. The highest BCUT2D eigenvalue weighted by Gasteiger charge is 2.22. The van der Waals surface area contributed by atoms with Crippen molar-refractivity contribution in [1.29, 1.82) is 0 Å². The number of ether oxygens (including phenoxy) is 1. The highest BCUT2D eigenvalue weighted by Crippen LogP contribution is 2.16. The minimum Gasteiger partial charge on any atom is -0.444 e. The van der Waals surface area contributed by atoms with Gasteiger partial charge < -0.3 is 20.7 Å². The molecular weight excluding hydrogens is 318 g/mol. The normalized spacial score (nSPS) is 18.9. The van der Waals surface area contributed by atoms with Crippen molar-refractivity contribution in [2.24, 2.45) is 4.99 Å². The number of rotatable bonds is 8. The Kier molecular flexibility index (Phi) is 9.63. The van der Waals surface area contributed by atoms with Crippen LogP contribution >= 0.6 is 0 Å². The van der Waals surface area contributed by atoms with Gasteiger partial charge in [-0.3, -0.25) is 9.89 Å². The molecule has 0 bridgehead atoms. The number of aliphatic imine (C=N–C) groups is 1. The van der Waals surface area contributed by atoms with Crippen molar-refractivity contribution in [3.05, 3.63) is 0 Å². The fraction of sp³-hybridized carbons (Fsp3) is 0.889. The first-order valence-electron chi connectivity index (χ1n) is 9.58. The quantitative estimate of drug-likeness (QED) is 0.352. The van der Waals surface area contributed by atoms with Crippen LogP contribution in [0.4, 0.5) is 4.79 Å². The molecule has 1 saturated heterocycles. The summed E-state index contributed by atoms with van der Waals surface area (Å²) >= 11 is 0. The summed E-state index contributed by atoms with van der Waals surface area (Å²) in [6.45, 7) is 15.1. The van der Waals surface area contributed by atoms with E-state index in [2.05, 4.69) is 34.7 Å². The lowest BCUT2D eigenvalue weighted by molar-refractivity contribution is 0.0527. The Morgan fingerprint density at radius 1 is 1.20 bits per heavy atom. The van der Waals surface area contributed by atoms with E-state index in [0.717, 1.165) is 38.6 Å². The van der Waals surface area contributed by atoms with Gasteiger partial charge in [-0.2, -0.15) is 0 Å².